The first-order valence-electron chi connectivity index (χ1n) is 9.77. The summed E-state index contributed by atoms with van der Waals surface area (Å²) in [5.74, 6) is 0.519. The first kappa shape index (κ1) is 20.3. The number of carbonyl (C=O) groups excluding carboxylic acids is 1. The number of anilines is 3. The van der Waals surface area contributed by atoms with E-state index in [1.807, 2.05) is 81.1 Å². The second-order valence-electron chi connectivity index (χ2n) is 7.17. The zero-order valence-corrected chi connectivity index (χ0v) is 17.3. The Morgan fingerprint density at radius 2 is 1.86 bits per heavy atom. The third-order valence-corrected chi connectivity index (χ3v) is 4.92. The number of nitrogen functional groups attached to an aromatic ring is 1. The van der Waals surface area contributed by atoms with Crippen LogP contribution in [0.4, 0.5) is 17.3 Å². The Labute approximate surface area is 171 Å². The van der Waals surface area contributed by atoms with Gasteiger partial charge in [0.2, 0.25) is 5.95 Å². The molecule has 6 nitrogen and oxygen atoms in total. The molecule has 3 N–H and O–H groups in total. The fraction of sp³-hybridized carbons (Fsp3) is 0.261. The number of aromatic nitrogens is 2. The van der Waals surface area contributed by atoms with Gasteiger partial charge in [0, 0.05) is 41.3 Å². The number of benzene rings is 2. The molecule has 0 atom stereocenters. The summed E-state index contributed by atoms with van der Waals surface area (Å²) in [4.78, 5) is 23.4. The van der Waals surface area contributed by atoms with E-state index in [9.17, 15) is 4.79 Å². The van der Waals surface area contributed by atoms with Gasteiger partial charge in [-0.25, -0.2) is 9.97 Å². The molecule has 0 aliphatic rings. The molecule has 0 saturated heterocycles. The Kier molecular flexibility index (Phi) is 6.12. The fourth-order valence-electron chi connectivity index (χ4n) is 3.23. The second-order valence-corrected chi connectivity index (χ2v) is 7.17. The first-order valence-corrected chi connectivity index (χ1v) is 9.77. The summed E-state index contributed by atoms with van der Waals surface area (Å²) < 4.78 is 0. The van der Waals surface area contributed by atoms with Gasteiger partial charge >= 0.3 is 0 Å². The Morgan fingerprint density at radius 1 is 1.14 bits per heavy atom. The molecule has 6 heteroatoms. The fourth-order valence-corrected chi connectivity index (χ4v) is 3.23. The topological polar surface area (TPSA) is 84.1 Å². The molecule has 3 aromatic rings. The van der Waals surface area contributed by atoms with Gasteiger partial charge < -0.3 is 16.0 Å². The lowest BCUT2D eigenvalue weighted by Gasteiger charge is -2.25. The summed E-state index contributed by atoms with van der Waals surface area (Å²) in [7, 11) is 0. The molecule has 0 aliphatic heterocycles. The average Bonchev–Trinajstić information content (AvgIpc) is 2.71. The quantitative estimate of drug-likeness (QED) is 0.600. The van der Waals surface area contributed by atoms with Crippen molar-refractivity contribution in [1.82, 2.24) is 14.9 Å². The highest BCUT2D eigenvalue weighted by Crippen LogP contribution is 2.26. The van der Waals surface area contributed by atoms with Crippen molar-refractivity contribution in [2.24, 2.45) is 0 Å². The van der Waals surface area contributed by atoms with E-state index in [1.165, 1.54) is 0 Å². The molecular weight excluding hydrogens is 362 g/mol. The molecule has 2 aromatic carbocycles. The largest absolute Gasteiger partial charge is 0.398 e. The summed E-state index contributed by atoms with van der Waals surface area (Å²) in [5, 5.41) is 3.20. The van der Waals surface area contributed by atoms with E-state index >= 15 is 0 Å². The molecular formula is C23H27N5O. The maximum Gasteiger partial charge on any atom is 0.254 e. The molecule has 150 valence electrons. The Balaban J connectivity index is 1.79. The molecule has 3 rings (SSSR count). The van der Waals surface area contributed by atoms with Gasteiger partial charge in [0.15, 0.2) is 0 Å². The van der Waals surface area contributed by atoms with Crippen LogP contribution in [0.1, 0.15) is 36.7 Å². The van der Waals surface area contributed by atoms with Crippen molar-refractivity contribution >= 4 is 23.2 Å². The summed E-state index contributed by atoms with van der Waals surface area (Å²) in [6.07, 6.45) is 1.72. The predicted octanol–water partition coefficient (Wildman–Crippen LogP) is 4.65. The van der Waals surface area contributed by atoms with Crippen LogP contribution in [-0.2, 0) is 0 Å². The summed E-state index contributed by atoms with van der Waals surface area (Å²) in [5.41, 5.74) is 11.0. The van der Waals surface area contributed by atoms with Crippen LogP contribution in [-0.4, -0.2) is 33.4 Å². The van der Waals surface area contributed by atoms with Gasteiger partial charge in [0.25, 0.3) is 5.91 Å². The number of amides is 1. The van der Waals surface area contributed by atoms with Gasteiger partial charge in [0.05, 0.1) is 5.69 Å². The van der Waals surface area contributed by atoms with Gasteiger partial charge in [-0.3, -0.25) is 4.79 Å². The van der Waals surface area contributed by atoms with E-state index in [1.54, 1.807) is 6.20 Å². The SMILES string of the molecule is CCN(C(=O)c1ccc(Nc2nccc(-c3cccc(N)c3C)n2)cc1)C(C)C. The minimum Gasteiger partial charge on any atom is -0.398 e. The van der Waals surface area contributed by atoms with Crippen molar-refractivity contribution in [2.45, 2.75) is 33.7 Å². The lowest BCUT2D eigenvalue weighted by Crippen LogP contribution is -2.36. The number of rotatable bonds is 6. The van der Waals surface area contributed by atoms with Crippen molar-refractivity contribution in [2.75, 3.05) is 17.6 Å². The molecule has 0 bridgehead atoms. The van der Waals surface area contributed by atoms with Crippen LogP contribution in [0.3, 0.4) is 0 Å². The van der Waals surface area contributed by atoms with Crippen LogP contribution in [0, 0.1) is 6.92 Å². The maximum atomic E-state index is 12.6. The van der Waals surface area contributed by atoms with E-state index in [0.29, 0.717) is 18.1 Å². The number of hydrogen-bond acceptors (Lipinski definition) is 5. The molecule has 0 spiro atoms. The van der Waals surface area contributed by atoms with E-state index < -0.39 is 0 Å². The van der Waals surface area contributed by atoms with Crippen molar-refractivity contribution in [3.05, 3.63) is 65.9 Å². The Bertz CT molecular complexity index is 998. The predicted molar refractivity (Wildman–Crippen MR) is 118 cm³/mol. The molecule has 0 fully saturated rings. The molecule has 0 unspecified atom stereocenters. The van der Waals surface area contributed by atoms with E-state index in [-0.39, 0.29) is 11.9 Å². The Morgan fingerprint density at radius 3 is 2.52 bits per heavy atom. The molecule has 0 radical (unpaired) electrons. The summed E-state index contributed by atoms with van der Waals surface area (Å²) in [6, 6.07) is 15.2. The minimum absolute atomic E-state index is 0.0319. The van der Waals surface area contributed by atoms with Crippen LogP contribution >= 0.6 is 0 Å². The van der Waals surface area contributed by atoms with Gasteiger partial charge in [-0.15, -0.1) is 0 Å². The third kappa shape index (κ3) is 4.54. The van der Waals surface area contributed by atoms with Gasteiger partial charge in [-0.1, -0.05) is 12.1 Å². The summed E-state index contributed by atoms with van der Waals surface area (Å²) in [6.45, 7) is 8.68. The molecule has 29 heavy (non-hydrogen) atoms. The molecule has 1 amide bonds. The van der Waals surface area contributed by atoms with Crippen LogP contribution in [0.2, 0.25) is 0 Å². The van der Waals surface area contributed by atoms with E-state index in [0.717, 1.165) is 28.2 Å². The number of carbonyl (C=O) groups is 1. The number of nitrogens with zero attached hydrogens (tertiary/aromatic N) is 3. The highest BCUT2D eigenvalue weighted by molar-refractivity contribution is 5.94. The van der Waals surface area contributed by atoms with Crippen LogP contribution < -0.4 is 11.1 Å². The van der Waals surface area contributed by atoms with Gasteiger partial charge in [-0.05, 0) is 69.7 Å². The van der Waals surface area contributed by atoms with Gasteiger partial charge in [-0.2, -0.15) is 0 Å². The van der Waals surface area contributed by atoms with Crippen molar-refractivity contribution in [3.8, 4) is 11.3 Å². The van der Waals surface area contributed by atoms with Crippen molar-refractivity contribution < 1.29 is 4.79 Å². The van der Waals surface area contributed by atoms with Crippen LogP contribution in [0.5, 0.6) is 0 Å². The lowest BCUT2D eigenvalue weighted by atomic mass is 10.0. The number of nitrogens with two attached hydrogens (primary N) is 1. The highest BCUT2D eigenvalue weighted by atomic mass is 16.2. The van der Waals surface area contributed by atoms with Gasteiger partial charge in [0.1, 0.15) is 0 Å². The standard InChI is InChI=1S/C23H27N5O/c1-5-28(15(2)3)22(29)17-9-11-18(12-10-17)26-23-25-14-13-21(27-23)19-7-6-8-20(24)16(19)4/h6-15H,5,24H2,1-4H3,(H,25,26,27). The normalized spacial score (nSPS) is 10.8. The highest BCUT2D eigenvalue weighted by Gasteiger charge is 2.16. The number of hydrogen-bond donors (Lipinski definition) is 2. The van der Waals surface area contributed by atoms with Crippen LogP contribution in [0.15, 0.2) is 54.7 Å². The van der Waals surface area contributed by atoms with E-state index in [2.05, 4.69) is 15.3 Å². The van der Waals surface area contributed by atoms with Crippen molar-refractivity contribution in [3.63, 3.8) is 0 Å². The molecule has 1 heterocycles. The minimum atomic E-state index is 0.0319. The zero-order chi connectivity index (χ0) is 21.0. The monoisotopic (exact) mass is 389 g/mol. The molecule has 0 saturated carbocycles. The maximum absolute atomic E-state index is 12.6. The van der Waals surface area contributed by atoms with E-state index in [4.69, 9.17) is 5.73 Å². The average molecular weight is 390 g/mol. The smallest absolute Gasteiger partial charge is 0.254 e. The first-order chi connectivity index (χ1) is 13.9. The zero-order valence-electron chi connectivity index (χ0n) is 17.3. The molecule has 1 aromatic heterocycles. The Hall–Kier alpha value is -3.41. The third-order valence-electron chi connectivity index (χ3n) is 4.92. The second kappa shape index (κ2) is 8.73. The number of nitrogens with one attached hydrogen (secondary N) is 1. The van der Waals surface area contributed by atoms with Crippen LogP contribution in [0.25, 0.3) is 11.3 Å². The lowest BCUT2D eigenvalue weighted by molar-refractivity contribution is 0.0717. The molecule has 0 aliphatic carbocycles. The summed E-state index contributed by atoms with van der Waals surface area (Å²) >= 11 is 0. The van der Waals surface area contributed by atoms with Crippen molar-refractivity contribution in [1.29, 1.82) is 0 Å².